The number of aromatic nitrogens is 2. The molecule has 4 aromatic rings. The Labute approximate surface area is 255 Å². The third-order valence-electron chi connectivity index (χ3n) is 8.21. The van der Waals surface area contributed by atoms with Crippen LogP contribution >= 0.6 is 0 Å². The van der Waals surface area contributed by atoms with Gasteiger partial charge in [0.25, 0.3) is 0 Å². The van der Waals surface area contributed by atoms with Gasteiger partial charge in [-0.1, -0.05) is 80.9 Å². The lowest BCUT2D eigenvalue weighted by Gasteiger charge is -2.30. The predicted molar refractivity (Wildman–Crippen MR) is 174 cm³/mol. The second-order valence-electron chi connectivity index (χ2n) is 12.6. The number of benzene rings is 3. The van der Waals surface area contributed by atoms with Crippen LogP contribution in [0.15, 0.2) is 84.9 Å². The van der Waals surface area contributed by atoms with Crippen LogP contribution in [-0.4, -0.2) is 34.7 Å². The van der Waals surface area contributed by atoms with Gasteiger partial charge in [0.15, 0.2) is 0 Å². The average Bonchev–Trinajstić information content (AvgIpc) is 3.42. The van der Waals surface area contributed by atoms with E-state index in [4.69, 9.17) is 5.10 Å². The molecule has 0 saturated carbocycles. The number of rotatable bonds is 9. The van der Waals surface area contributed by atoms with Crippen LogP contribution in [0.1, 0.15) is 68.3 Å². The Morgan fingerprint density at radius 1 is 0.930 bits per heavy atom. The molecule has 1 atom stereocenters. The summed E-state index contributed by atoms with van der Waals surface area (Å²) in [6, 6.07) is 27.6. The molecule has 1 aliphatic heterocycles. The van der Waals surface area contributed by atoms with Crippen molar-refractivity contribution < 1.29 is 9.59 Å². The van der Waals surface area contributed by atoms with Crippen LogP contribution in [0, 0.1) is 12.8 Å². The summed E-state index contributed by atoms with van der Waals surface area (Å²) in [5, 5.41) is 14.3. The van der Waals surface area contributed by atoms with Crippen molar-refractivity contribution >= 4 is 23.3 Å². The molecule has 3 N–H and O–H groups in total. The number of hydrogen-bond acceptors (Lipinski definition) is 4. The van der Waals surface area contributed by atoms with Gasteiger partial charge in [0.05, 0.1) is 11.4 Å². The number of carbonyl (C=O) groups is 2. The maximum Gasteiger partial charge on any atom is 0.324 e. The number of carbonyl (C=O) groups excluding carboxylic acids is 2. The Morgan fingerprint density at radius 3 is 2.35 bits per heavy atom. The average molecular weight is 578 g/mol. The molecule has 3 aromatic carbocycles. The minimum atomic E-state index is -0.361. The molecule has 1 fully saturated rings. The summed E-state index contributed by atoms with van der Waals surface area (Å²) in [5.41, 5.74) is 5.51. The van der Waals surface area contributed by atoms with Crippen molar-refractivity contribution in [2.75, 3.05) is 23.7 Å². The lowest BCUT2D eigenvalue weighted by Crippen LogP contribution is -2.33. The van der Waals surface area contributed by atoms with Crippen molar-refractivity contribution in [1.82, 2.24) is 15.1 Å². The van der Waals surface area contributed by atoms with E-state index < -0.39 is 0 Å². The Morgan fingerprint density at radius 2 is 1.65 bits per heavy atom. The van der Waals surface area contributed by atoms with E-state index >= 15 is 0 Å². The highest BCUT2D eigenvalue weighted by Gasteiger charge is 2.31. The number of ketones is 1. The van der Waals surface area contributed by atoms with Gasteiger partial charge in [0.1, 0.15) is 11.6 Å². The number of Topliss-reactive ketones (excluding diaryl/α,β-unsaturated/α-hetero) is 1. The Kier molecular flexibility index (Phi) is 9.41. The quantitative estimate of drug-likeness (QED) is 0.193. The zero-order valence-corrected chi connectivity index (χ0v) is 25.7. The standard InChI is InChI=1S/C36H43N5O2/c1-25-13-16-30(17-14-25)41-33(24-32(40-41)36(2,3)4)39-35(43)38-29-12-8-11-28(23-29)34(27-19-21-37-22-20-27)31(42)18-15-26-9-6-5-7-10-26/h5-14,16-17,23-24,27,34,37H,15,18-22H2,1-4H3,(H2,38,39,43). The van der Waals surface area contributed by atoms with Crippen molar-refractivity contribution in [3.8, 4) is 5.69 Å². The van der Waals surface area contributed by atoms with E-state index in [1.54, 1.807) is 4.68 Å². The van der Waals surface area contributed by atoms with E-state index in [1.165, 1.54) is 5.56 Å². The number of amides is 2. The molecule has 0 aliphatic carbocycles. The summed E-state index contributed by atoms with van der Waals surface area (Å²) < 4.78 is 1.77. The van der Waals surface area contributed by atoms with E-state index in [-0.39, 0.29) is 29.1 Å². The van der Waals surface area contributed by atoms with Crippen molar-refractivity contribution in [2.45, 2.75) is 64.7 Å². The summed E-state index contributed by atoms with van der Waals surface area (Å²) in [6.45, 7) is 10.2. The van der Waals surface area contributed by atoms with E-state index in [0.29, 0.717) is 17.9 Å². The Bertz CT molecular complexity index is 1530. The fraction of sp³-hybridized carbons (Fsp3) is 0.361. The molecule has 1 aromatic heterocycles. The van der Waals surface area contributed by atoms with Crippen LogP contribution in [0.2, 0.25) is 0 Å². The van der Waals surface area contributed by atoms with E-state index in [0.717, 1.165) is 54.9 Å². The number of hydrogen-bond donors (Lipinski definition) is 3. The van der Waals surface area contributed by atoms with Crippen molar-refractivity contribution in [1.29, 1.82) is 0 Å². The topological polar surface area (TPSA) is 88.1 Å². The van der Waals surface area contributed by atoms with Gasteiger partial charge < -0.3 is 10.6 Å². The predicted octanol–water partition coefficient (Wildman–Crippen LogP) is 7.41. The summed E-state index contributed by atoms with van der Waals surface area (Å²) in [7, 11) is 0. The minimum Gasteiger partial charge on any atom is -0.317 e. The summed E-state index contributed by atoms with van der Waals surface area (Å²) >= 11 is 0. The zero-order chi connectivity index (χ0) is 30.4. The lowest BCUT2D eigenvalue weighted by molar-refractivity contribution is -0.121. The monoisotopic (exact) mass is 577 g/mol. The van der Waals surface area contributed by atoms with Gasteiger partial charge in [-0.05, 0) is 80.6 Å². The van der Waals surface area contributed by atoms with Crippen molar-refractivity contribution in [2.24, 2.45) is 5.92 Å². The molecule has 0 bridgehead atoms. The van der Waals surface area contributed by atoms with Gasteiger partial charge in [-0.2, -0.15) is 5.10 Å². The number of piperidine rings is 1. The number of nitrogens with one attached hydrogen (secondary N) is 3. The first-order valence-electron chi connectivity index (χ1n) is 15.3. The van der Waals surface area contributed by atoms with Crippen molar-refractivity contribution in [3.63, 3.8) is 0 Å². The Balaban J connectivity index is 1.35. The second-order valence-corrected chi connectivity index (χ2v) is 12.6. The van der Waals surface area contributed by atoms with Crippen molar-refractivity contribution in [3.05, 3.63) is 107 Å². The molecular formula is C36H43N5O2. The SMILES string of the molecule is Cc1ccc(-n2nc(C(C)(C)C)cc2NC(=O)Nc2cccc(C(C(=O)CCc3ccccc3)C3CCNCC3)c2)cc1. The third kappa shape index (κ3) is 7.79. The summed E-state index contributed by atoms with van der Waals surface area (Å²) in [5.74, 6) is 0.918. The van der Waals surface area contributed by atoms with Gasteiger partial charge in [-0.15, -0.1) is 0 Å². The second kappa shape index (κ2) is 13.4. The van der Waals surface area contributed by atoms with Gasteiger partial charge >= 0.3 is 6.03 Å². The van der Waals surface area contributed by atoms with Gasteiger partial charge in [0.2, 0.25) is 0 Å². The van der Waals surface area contributed by atoms with Gasteiger partial charge in [0, 0.05) is 29.5 Å². The van der Waals surface area contributed by atoms with Crippen LogP contribution in [0.3, 0.4) is 0 Å². The molecule has 0 radical (unpaired) electrons. The molecule has 7 heteroatoms. The third-order valence-corrected chi connectivity index (χ3v) is 8.21. The molecule has 1 aliphatic rings. The lowest BCUT2D eigenvalue weighted by atomic mass is 9.76. The van der Waals surface area contributed by atoms with Gasteiger partial charge in [-0.25, -0.2) is 9.48 Å². The molecule has 1 unspecified atom stereocenters. The van der Waals surface area contributed by atoms with Crippen LogP contribution < -0.4 is 16.0 Å². The van der Waals surface area contributed by atoms with E-state index in [1.807, 2.05) is 79.7 Å². The summed E-state index contributed by atoms with van der Waals surface area (Å²) in [4.78, 5) is 27.1. The molecule has 7 nitrogen and oxygen atoms in total. The molecule has 43 heavy (non-hydrogen) atoms. The first kappa shape index (κ1) is 30.2. The highest BCUT2D eigenvalue weighted by Crippen LogP contribution is 2.34. The molecule has 2 amide bonds. The highest BCUT2D eigenvalue weighted by atomic mass is 16.2. The molecule has 224 valence electrons. The van der Waals surface area contributed by atoms with Crippen LogP contribution in [0.4, 0.5) is 16.3 Å². The molecule has 2 heterocycles. The fourth-order valence-corrected chi connectivity index (χ4v) is 5.77. The Hall–Kier alpha value is -4.23. The first-order valence-corrected chi connectivity index (χ1v) is 15.3. The smallest absolute Gasteiger partial charge is 0.317 e. The number of aryl methyl sites for hydroxylation is 2. The fourth-order valence-electron chi connectivity index (χ4n) is 5.77. The first-order chi connectivity index (χ1) is 20.7. The van der Waals surface area contributed by atoms with E-state index in [9.17, 15) is 9.59 Å². The van der Waals surface area contributed by atoms with Crippen LogP contribution in [0.25, 0.3) is 5.69 Å². The minimum absolute atomic E-state index is 0.187. The molecule has 0 spiro atoms. The number of anilines is 2. The van der Waals surface area contributed by atoms with Crippen LogP contribution in [0.5, 0.6) is 0 Å². The van der Waals surface area contributed by atoms with Crippen LogP contribution in [-0.2, 0) is 16.6 Å². The largest absolute Gasteiger partial charge is 0.324 e. The summed E-state index contributed by atoms with van der Waals surface area (Å²) in [6.07, 6.45) is 3.14. The normalized spacial score (nSPS) is 14.7. The molecular weight excluding hydrogens is 534 g/mol. The number of urea groups is 1. The maximum atomic E-state index is 13.7. The molecule has 5 rings (SSSR count). The van der Waals surface area contributed by atoms with Gasteiger partial charge in [-0.3, -0.25) is 10.1 Å². The van der Waals surface area contributed by atoms with E-state index in [2.05, 4.69) is 48.9 Å². The maximum absolute atomic E-state index is 13.7. The zero-order valence-electron chi connectivity index (χ0n) is 25.7. The highest BCUT2D eigenvalue weighted by molar-refractivity contribution is 5.99. The molecule has 1 saturated heterocycles. The number of nitrogens with zero attached hydrogens (tertiary/aromatic N) is 2.